The number of nitrogen functional groups attached to an aromatic ring is 1. The minimum Gasteiger partial charge on any atom is -0.397 e. The summed E-state index contributed by atoms with van der Waals surface area (Å²) in [4.78, 5) is 19.5. The zero-order valence-corrected chi connectivity index (χ0v) is 16.1. The maximum atomic E-state index is 11.9. The van der Waals surface area contributed by atoms with Crippen molar-refractivity contribution >= 4 is 44.5 Å². The average Bonchev–Trinajstić information content (AvgIpc) is 3.28. The van der Waals surface area contributed by atoms with Crippen LogP contribution in [0.4, 0.5) is 5.69 Å². The summed E-state index contributed by atoms with van der Waals surface area (Å²) in [5.41, 5.74) is 16.3. The lowest BCUT2D eigenvalue weighted by Crippen LogP contribution is -2.25. The lowest BCUT2D eigenvalue weighted by Gasteiger charge is -2.37. The quantitative estimate of drug-likeness (QED) is 0.658. The fraction of sp³-hybridized carbons (Fsp3) is 0.400. The Kier molecular flexibility index (Phi) is 3.79. The molecule has 0 spiro atoms. The Morgan fingerprint density at radius 2 is 2.08 bits per heavy atom. The first kappa shape index (κ1) is 16.3. The lowest BCUT2D eigenvalue weighted by atomic mass is 9.69. The number of pyridine rings is 1. The molecule has 1 fully saturated rings. The number of nitrogens with two attached hydrogens (primary N) is 2. The number of nitrogens with zero attached hydrogens (tertiary/aromatic N) is 1. The number of hydrogen-bond donors (Lipinski definition) is 2. The van der Waals surface area contributed by atoms with Crippen LogP contribution in [0.1, 0.15) is 59.0 Å². The normalized spacial score (nSPS) is 22.2. The average molecular weight is 384 g/mol. The molecule has 3 aromatic heterocycles. The van der Waals surface area contributed by atoms with Crippen molar-refractivity contribution in [1.29, 1.82) is 0 Å². The van der Waals surface area contributed by atoms with Gasteiger partial charge in [-0.2, -0.15) is 0 Å². The van der Waals surface area contributed by atoms with Crippen LogP contribution in [0, 0.1) is 5.92 Å². The van der Waals surface area contributed by atoms with Crippen LogP contribution in [-0.4, -0.2) is 10.9 Å². The van der Waals surface area contributed by atoms with Gasteiger partial charge >= 0.3 is 0 Å². The van der Waals surface area contributed by atoms with Crippen LogP contribution in [0.25, 0.3) is 20.7 Å². The molecule has 2 aliphatic rings. The van der Waals surface area contributed by atoms with Gasteiger partial charge in [0.1, 0.15) is 9.71 Å². The molecule has 5 rings (SSSR count). The van der Waals surface area contributed by atoms with Crippen LogP contribution < -0.4 is 11.5 Å². The van der Waals surface area contributed by atoms with Gasteiger partial charge < -0.3 is 11.5 Å². The van der Waals surface area contributed by atoms with E-state index >= 15 is 0 Å². The summed E-state index contributed by atoms with van der Waals surface area (Å²) in [6, 6.07) is 4.22. The Morgan fingerprint density at radius 1 is 1.23 bits per heavy atom. The van der Waals surface area contributed by atoms with E-state index in [1.165, 1.54) is 65.1 Å². The Morgan fingerprint density at radius 3 is 2.85 bits per heavy atom. The molecule has 0 saturated heterocycles. The monoisotopic (exact) mass is 383 g/mol. The van der Waals surface area contributed by atoms with Gasteiger partial charge in [-0.05, 0) is 48.6 Å². The van der Waals surface area contributed by atoms with E-state index in [0.717, 1.165) is 22.6 Å². The molecular formula is C20H21N3OS2. The third kappa shape index (κ3) is 2.32. The zero-order chi connectivity index (χ0) is 17.8. The molecule has 6 heteroatoms. The predicted octanol–water partition coefficient (Wildman–Crippen LogP) is 4.93. The second-order valence-electron chi connectivity index (χ2n) is 7.41. The van der Waals surface area contributed by atoms with Crippen molar-refractivity contribution in [3.63, 3.8) is 0 Å². The van der Waals surface area contributed by atoms with Crippen LogP contribution in [0.2, 0.25) is 0 Å². The summed E-state index contributed by atoms with van der Waals surface area (Å²) in [5, 5.41) is 3.02. The van der Waals surface area contributed by atoms with Crippen molar-refractivity contribution in [1.82, 2.24) is 4.98 Å². The highest BCUT2D eigenvalue weighted by molar-refractivity contribution is 7.21. The summed E-state index contributed by atoms with van der Waals surface area (Å²) in [7, 11) is 0. The smallest absolute Gasteiger partial charge is 0.260 e. The van der Waals surface area contributed by atoms with Gasteiger partial charge in [0.2, 0.25) is 0 Å². The number of aromatic nitrogens is 1. The Balaban J connectivity index is 1.84. The van der Waals surface area contributed by atoms with Crippen LogP contribution in [-0.2, 0) is 6.42 Å². The number of anilines is 1. The largest absolute Gasteiger partial charge is 0.397 e. The molecule has 1 saturated carbocycles. The molecule has 2 atom stereocenters. The molecule has 0 aliphatic heterocycles. The van der Waals surface area contributed by atoms with Crippen LogP contribution in [0.3, 0.4) is 0 Å². The number of amides is 1. The Labute approximate surface area is 160 Å². The molecule has 4 nitrogen and oxygen atoms in total. The van der Waals surface area contributed by atoms with E-state index < -0.39 is 5.91 Å². The molecule has 26 heavy (non-hydrogen) atoms. The zero-order valence-electron chi connectivity index (χ0n) is 14.5. The Bertz CT molecular complexity index is 1010. The van der Waals surface area contributed by atoms with Gasteiger partial charge in [-0.15, -0.1) is 22.7 Å². The summed E-state index contributed by atoms with van der Waals surface area (Å²) >= 11 is 3.07. The molecule has 0 aromatic carbocycles. The van der Waals surface area contributed by atoms with Gasteiger partial charge in [-0.3, -0.25) is 4.79 Å². The van der Waals surface area contributed by atoms with Gasteiger partial charge in [-0.1, -0.05) is 18.9 Å². The van der Waals surface area contributed by atoms with Crippen molar-refractivity contribution in [3.05, 3.63) is 33.6 Å². The summed E-state index contributed by atoms with van der Waals surface area (Å²) in [6.45, 7) is 0. The molecule has 2 unspecified atom stereocenters. The number of primary amides is 1. The highest BCUT2D eigenvalue weighted by atomic mass is 32.1. The number of hydrogen-bond acceptors (Lipinski definition) is 5. The second kappa shape index (κ2) is 6.06. The molecule has 4 N–H and O–H groups in total. The topological polar surface area (TPSA) is 82.0 Å². The number of carbonyl (C=O) groups excluding carboxylic acids is 1. The van der Waals surface area contributed by atoms with Gasteiger partial charge in [0.15, 0.2) is 0 Å². The maximum Gasteiger partial charge on any atom is 0.260 e. The third-order valence-corrected chi connectivity index (χ3v) is 8.03. The lowest BCUT2D eigenvalue weighted by molar-refractivity contribution is 0.100. The second-order valence-corrected chi connectivity index (χ2v) is 9.35. The number of fused-ring (bicyclic) bond motifs is 4. The molecule has 3 aromatic rings. The number of thiophene rings is 2. The van der Waals surface area contributed by atoms with E-state index in [9.17, 15) is 4.79 Å². The van der Waals surface area contributed by atoms with Gasteiger partial charge in [0.05, 0.1) is 5.69 Å². The van der Waals surface area contributed by atoms with E-state index in [-0.39, 0.29) is 0 Å². The maximum absolute atomic E-state index is 11.9. The highest BCUT2D eigenvalue weighted by Crippen LogP contribution is 2.51. The molecule has 1 amide bonds. The van der Waals surface area contributed by atoms with Gasteiger partial charge in [0.25, 0.3) is 5.91 Å². The van der Waals surface area contributed by atoms with Crippen molar-refractivity contribution in [2.75, 3.05) is 5.73 Å². The fourth-order valence-corrected chi connectivity index (χ4v) is 6.65. The van der Waals surface area contributed by atoms with E-state index in [1.807, 2.05) is 0 Å². The Hall–Kier alpha value is -1.92. The van der Waals surface area contributed by atoms with E-state index in [4.69, 9.17) is 16.5 Å². The predicted molar refractivity (Wildman–Crippen MR) is 109 cm³/mol. The summed E-state index contributed by atoms with van der Waals surface area (Å²) < 4.78 is 0. The van der Waals surface area contributed by atoms with Crippen molar-refractivity contribution in [2.24, 2.45) is 11.7 Å². The van der Waals surface area contributed by atoms with Crippen LogP contribution in [0.15, 0.2) is 17.5 Å². The van der Waals surface area contributed by atoms with E-state index in [1.54, 1.807) is 11.3 Å². The summed E-state index contributed by atoms with van der Waals surface area (Å²) in [5.74, 6) is 0.845. The first-order valence-corrected chi connectivity index (χ1v) is 10.9. The fourth-order valence-electron chi connectivity index (χ4n) is 4.89. The molecule has 3 heterocycles. The molecule has 0 radical (unpaired) electrons. The van der Waals surface area contributed by atoms with Crippen LogP contribution in [0.5, 0.6) is 0 Å². The molecular weight excluding hydrogens is 362 g/mol. The molecule has 0 bridgehead atoms. The van der Waals surface area contributed by atoms with Gasteiger partial charge in [-0.25, -0.2) is 4.98 Å². The first-order chi connectivity index (χ1) is 12.6. The molecule has 2 aliphatic carbocycles. The minimum atomic E-state index is -0.462. The molecule has 134 valence electrons. The highest BCUT2D eigenvalue weighted by Gasteiger charge is 2.36. The number of carbonyl (C=O) groups is 1. The van der Waals surface area contributed by atoms with E-state index in [0.29, 0.717) is 16.5 Å². The standard InChI is InChI=1S/C20H21N3OS2/c21-16-15-14(13-6-3-9-25-13)12-8-7-10-4-1-2-5-11(10)17(12)23-20(15)26-18(16)19(22)24/h3,6,9-11H,1-2,4-5,7-8,21H2,(H2,22,24). The number of rotatable bonds is 2. The van der Waals surface area contributed by atoms with E-state index in [2.05, 4.69) is 17.5 Å². The minimum absolute atomic E-state index is 0.438. The third-order valence-electron chi connectivity index (χ3n) is 6.03. The summed E-state index contributed by atoms with van der Waals surface area (Å²) in [6.07, 6.45) is 7.45. The van der Waals surface area contributed by atoms with Crippen LogP contribution >= 0.6 is 22.7 Å². The van der Waals surface area contributed by atoms with Crippen molar-refractivity contribution in [3.8, 4) is 10.4 Å². The van der Waals surface area contributed by atoms with Crippen molar-refractivity contribution in [2.45, 2.75) is 44.4 Å². The SMILES string of the molecule is NC(=O)c1sc2nc3c(c(-c4cccs4)c2c1N)CCC1CCCCC31. The van der Waals surface area contributed by atoms with Crippen molar-refractivity contribution < 1.29 is 4.79 Å². The first-order valence-electron chi connectivity index (χ1n) is 9.23. The van der Waals surface area contributed by atoms with Gasteiger partial charge in [0, 0.05) is 27.4 Å².